The number of fused-ring (bicyclic) bond motifs is 3. The molecule has 1 saturated carbocycles. The van der Waals surface area contributed by atoms with Crippen molar-refractivity contribution in [3.8, 4) is 11.1 Å². The predicted molar refractivity (Wildman–Crippen MR) is 131 cm³/mol. The summed E-state index contributed by atoms with van der Waals surface area (Å²) in [6.07, 6.45) is 3.72. The van der Waals surface area contributed by atoms with Crippen LogP contribution in [0.5, 0.6) is 0 Å². The molecule has 0 unspecified atom stereocenters. The van der Waals surface area contributed by atoms with Crippen LogP contribution in [0.25, 0.3) is 11.1 Å². The second-order valence-electron chi connectivity index (χ2n) is 10.0. The molecule has 2 fully saturated rings. The Morgan fingerprint density at radius 2 is 1.57 bits per heavy atom. The molecule has 2 atom stereocenters. The van der Waals surface area contributed by atoms with E-state index in [-0.39, 0.29) is 42.7 Å². The third kappa shape index (κ3) is 4.90. The van der Waals surface area contributed by atoms with Crippen molar-refractivity contribution in [2.45, 2.75) is 50.5 Å². The van der Waals surface area contributed by atoms with E-state index >= 15 is 0 Å². The molecule has 2 aliphatic carbocycles. The van der Waals surface area contributed by atoms with Gasteiger partial charge in [-0.15, -0.1) is 0 Å². The van der Waals surface area contributed by atoms with E-state index in [0.717, 1.165) is 25.7 Å². The van der Waals surface area contributed by atoms with Gasteiger partial charge in [0.05, 0.1) is 5.92 Å². The van der Waals surface area contributed by atoms with Crippen molar-refractivity contribution in [2.75, 3.05) is 19.7 Å². The number of aliphatic carboxylic acids is 1. The molecular formula is C28H32N2O5. The van der Waals surface area contributed by atoms with Crippen LogP contribution in [0, 0.1) is 11.8 Å². The number of benzene rings is 2. The second-order valence-corrected chi connectivity index (χ2v) is 10.0. The van der Waals surface area contributed by atoms with E-state index in [0.29, 0.717) is 19.5 Å². The fraction of sp³-hybridized carbons (Fsp3) is 0.464. The van der Waals surface area contributed by atoms with Crippen molar-refractivity contribution < 1.29 is 24.2 Å². The zero-order chi connectivity index (χ0) is 24.4. The van der Waals surface area contributed by atoms with E-state index in [4.69, 9.17) is 9.84 Å². The molecule has 1 saturated heterocycles. The maximum absolute atomic E-state index is 13.1. The van der Waals surface area contributed by atoms with Crippen LogP contribution in [-0.4, -0.2) is 53.7 Å². The minimum atomic E-state index is -0.797. The normalized spacial score (nSPS) is 21.5. The lowest BCUT2D eigenvalue weighted by molar-refractivity contribution is -0.144. The number of carboxylic acid groups (broad SMARTS) is 1. The molecule has 0 bridgehead atoms. The highest BCUT2D eigenvalue weighted by Gasteiger charge is 2.39. The van der Waals surface area contributed by atoms with Gasteiger partial charge in [-0.1, -0.05) is 61.4 Å². The van der Waals surface area contributed by atoms with Gasteiger partial charge in [0.25, 0.3) is 0 Å². The highest BCUT2D eigenvalue weighted by atomic mass is 16.5. The van der Waals surface area contributed by atoms with Gasteiger partial charge in [0.1, 0.15) is 6.61 Å². The van der Waals surface area contributed by atoms with Gasteiger partial charge in [0, 0.05) is 31.5 Å². The first-order valence-corrected chi connectivity index (χ1v) is 12.6. The molecule has 0 spiro atoms. The molecule has 5 rings (SSSR count). The zero-order valence-electron chi connectivity index (χ0n) is 19.8. The van der Waals surface area contributed by atoms with E-state index in [1.54, 1.807) is 0 Å². The standard InChI is InChI=1S/C28H32N2O5/c31-26(32)14-13-18-15-30(16-18)27(33)23-11-5-6-12-25(23)29-28(34)35-17-24-21-9-3-1-7-19(21)20-8-2-4-10-22(20)24/h1-4,7-10,18,23-25H,5-6,11-17H2,(H,29,34)(H,31,32)/t23-,25+/m1/s1. The molecule has 7 heteroatoms. The van der Waals surface area contributed by atoms with Gasteiger partial charge in [-0.05, 0) is 47.4 Å². The average molecular weight is 477 g/mol. The van der Waals surface area contributed by atoms with Crippen LogP contribution in [0.4, 0.5) is 4.79 Å². The highest BCUT2D eigenvalue weighted by Crippen LogP contribution is 2.44. The Balaban J connectivity index is 1.17. The fourth-order valence-electron chi connectivity index (χ4n) is 5.89. The van der Waals surface area contributed by atoms with Crippen LogP contribution >= 0.6 is 0 Å². The lowest BCUT2D eigenvalue weighted by Crippen LogP contribution is -2.56. The third-order valence-corrected chi connectivity index (χ3v) is 7.77. The van der Waals surface area contributed by atoms with Crippen LogP contribution in [0.1, 0.15) is 55.6 Å². The maximum atomic E-state index is 13.1. The molecule has 184 valence electrons. The zero-order valence-corrected chi connectivity index (χ0v) is 19.8. The van der Waals surface area contributed by atoms with Crippen LogP contribution in [0.15, 0.2) is 48.5 Å². The fourth-order valence-corrected chi connectivity index (χ4v) is 5.89. The molecule has 1 heterocycles. The largest absolute Gasteiger partial charge is 0.481 e. The average Bonchev–Trinajstić information content (AvgIpc) is 3.15. The van der Waals surface area contributed by atoms with Crippen LogP contribution in [-0.2, 0) is 14.3 Å². The number of ether oxygens (including phenoxy) is 1. The van der Waals surface area contributed by atoms with Crippen molar-refractivity contribution in [1.29, 1.82) is 0 Å². The Kier molecular flexibility index (Phi) is 6.75. The van der Waals surface area contributed by atoms with Crippen molar-refractivity contribution >= 4 is 18.0 Å². The molecule has 0 radical (unpaired) electrons. The Morgan fingerprint density at radius 3 is 2.23 bits per heavy atom. The van der Waals surface area contributed by atoms with E-state index in [9.17, 15) is 14.4 Å². The molecule has 7 nitrogen and oxygen atoms in total. The Labute approximate surface area is 205 Å². The monoisotopic (exact) mass is 476 g/mol. The van der Waals surface area contributed by atoms with Crippen molar-refractivity contribution in [3.63, 3.8) is 0 Å². The molecule has 3 aliphatic rings. The van der Waals surface area contributed by atoms with Crippen molar-refractivity contribution in [1.82, 2.24) is 10.2 Å². The summed E-state index contributed by atoms with van der Waals surface area (Å²) in [6, 6.07) is 16.2. The molecule has 1 aliphatic heterocycles. The SMILES string of the molecule is O=C(O)CCC1CN(C(=O)[C@@H]2CCCC[C@@H]2NC(=O)OCC2c3ccccc3-c3ccccc32)C1. The van der Waals surface area contributed by atoms with Gasteiger partial charge < -0.3 is 20.1 Å². The first-order chi connectivity index (χ1) is 17.0. The summed E-state index contributed by atoms with van der Waals surface area (Å²) in [7, 11) is 0. The summed E-state index contributed by atoms with van der Waals surface area (Å²) in [4.78, 5) is 38.5. The Hall–Kier alpha value is -3.35. The highest BCUT2D eigenvalue weighted by molar-refractivity contribution is 5.82. The first-order valence-electron chi connectivity index (χ1n) is 12.6. The number of likely N-dealkylation sites (tertiary alicyclic amines) is 1. The summed E-state index contributed by atoms with van der Waals surface area (Å²) >= 11 is 0. The van der Waals surface area contributed by atoms with Gasteiger partial charge in [-0.2, -0.15) is 0 Å². The summed E-state index contributed by atoms with van der Waals surface area (Å²) in [6.45, 7) is 1.48. The topological polar surface area (TPSA) is 95.9 Å². The number of nitrogens with one attached hydrogen (secondary N) is 1. The first kappa shape index (κ1) is 23.4. The summed E-state index contributed by atoms with van der Waals surface area (Å²) in [5.41, 5.74) is 4.71. The van der Waals surface area contributed by atoms with E-state index in [1.807, 2.05) is 29.2 Å². The van der Waals surface area contributed by atoms with Gasteiger partial charge in [0.2, 0.25) is 5.91 Å². The molecule has 35 heavy (non-hydrogen) atoms. The Bertz CT molecular complexity index is 1060. The number of hydrogen-bond donors (Lipinski definition) is 2. The minimum Gasteiger partial charge on any atom is -0.481 e. The van der Waals surface area contributed by atoms with E-state index in [2.05, 4.69) is 29.6 Å². The van der Waals surface area contributed by atoms with E-state index in [1.165, 1.54) is 22.3 Å². The van der Waals surface area contributed by atoms with Gasteiger partial charge in [0.15, 0.2) is 0 Å². The number of carbonyl (C=O) groups excluding carboxylic acids is 2. The number of hydrogen-bond acceptors (Lipinski definition) is 4. The minimum absolute atomic E-state index is 0.000702. The van der Waals surface area contributed by atoms with Gasteiger partial charge >= 0.3 is 12.1 Å². The molecule has 2 N–H and O–H groups in total. The summed E-state index contributed by atoms with van der Waals surface area (Å²) < 4.78 is 5.71. The lowest BCUT2D eigenvalue weighted by Gasteiger charge is -2.43. The smallest absolute Gasteiger partial charge is 0.407 e. The number of nitrogens with zero attached hydrogens (tertiary/aromatic N) is 1. The number of carbonyl (C=O) groups is 3. The molecule has 2 aromatic rings. The lowest BCUT2D eigenvalue weighted by atomic mass is 9.82. The van der Waals surface area contributed by atoms with Crippen molar-refractivity contribution in [3.05, 3.63) is 59.7 Å². The molecular weight excluding hydrogens is 444 g/mol. The quantitative estimate of drug-likeness (QED) is 0.617. The number of carboxylic acids is 1. The number of rotatable bonds is 7. The van der Waals surface area contributed by atoms with Gasteiger partial charge in [-0.25, -0.2) is 4.79 Å². The summed E-state index contributed by atoms with van der Waals surface area (Å²) in [5.74, 6) is -0.716. The molecule has 2 amide bonds. The van der Waals surface area contributed by atoms with Crippen molar-refractivity contribution in [2.24, 2.45) is 11.8 Å². The van der Waals surface area contributed by atoms with Gasteiger partial charge in [-0.3, -0.25) is 9.59 Å². The molecule has 2 aromatic carbocycles. The summed E-state index contributed by atoms with van der Waals surface area (Å²) in [5, 5.41) is 11.8. The number of alkyl carbamates (subject to hydrolysis) is 1. The predicted octanol–water partition coefficient (Wildman–Crippen LogP) is 4.41. The molecule has 0 aromatic heterocycles. The van der Waals surface area contributed by atoms with Crippen LogP contribution in [0.2, 0.25) is 0 Å². The second kappa shape index (κ2) is 10.1. The third-order valence-electron chi connectivity index (χ3n) is 7.77. The Morgan fingerprint density at radius 1 is 0.943 bits per heavy atom. The maximum Gasteiger partial charge on any atom is 0.407 e. The van der Waals surface area contributed by atoms with Crippen LogP contribution < -0.4 is 5.32 Å². The number of amides is 2. The van der Waals surface area contributed by atoms with Crippen LogP contribution in [0.3, 0.4) is 0 Å². The van der Waals surface area contributed by atoms with E-state index < -0.39 is 12.1 Å².